The molecule has 0 amide bonds. The fourth-order valence-corrected chi connectivity index (χ4v) is 1.35. The van der Waals surface area contributed by atoms with Crippen LogP contribution in [0, 0.1) is 0 Å². The van der Waals surface area contributed by atoms with Crippen LogP contribution in [0.3, 0.4) is 0 Å². The second-order valence-electron chi connectivity index (χ2n) is 3.19. The van der Waals surface area contributed by atoms with Gasteiger partial charge in [0.2, 0.25) is 0 Å². The van der Waals surface area contributed by atoms with Crippen LogP contribution in [0.15, 0.2) is 24.5 Å². The molecule has 0 spiro atoms. The third-order valence-electron chi connectivity index (χ3n) is 1.98. The lowest BCUT2D eigenvalue weighted by molar-refractivity contribution is -0.697. The van der Waals surface area contributed by atoms with Crippen LogP contribution in [-0.2, 0) is 13.0 Å². The molecule has 0 saturated heterocycles. The molecule has 1 rings (SSSR count). The summed E-state index contributed by atoms with van der Waals surface area (Å²) in [6.07, 6.45) is 7.99. The van der Waals surface area contributed by atoms with Crippen LogP contribution in [0.5, 0.6) is 0 Å². The van der Waals surface area contributed by atoms with E-state index in [0.29, 0.717) is 0 Å². The van der Waals surface area contributed by atoms with Gasteiger partial charge >= 0.3 is 0 Å². The predicted octanol–water partition coefficient (Wildman–Crippen LogP) is -0.659. The summed E-state index contributed by atoms with van der Waals surface area (Å²) in [6, 6.07) is 4.44. The molecule has 0 aromatic carbocycles. The van der Waals surface area contributed by atoms with Crippen molar-refractivity contribution in [1.82, 2.24) is 0 Å². The molecule has 0 N–H and O–H groups in total. The summed E-state index contributed by atoms with van der Waals surface area (Å²) in [7, 11) is 0. The Morgan fingerprint density at radius 3 is 2.15 bits per heavy atom. The summed E-state index contributed by atoms with van der Waals surface area (Å²) in [5.74, 6) is 0. The molecule has 1 heterocycles. The van der Waals surface area contributed by atoms with Gasteiger partial charge in [-0.3, -0.25) is 0 Å². The molecule has 2 heteroatoms. The van der Waals surface area contributed by atoms with Gasteiger partial charge in [-0.1, -0.05) is 20.3 Å². The first-order valence-electron chi connectivity index (χ1n) is 4.84. The molecular weight excluding hydrogens is 165 g/mol. The second kappa shape index (κ2) is 6.58. The van der Waals surface area contributed by atoms with E-state index in [2.05, 4.69) is 42.9 Å². The molecule has 0 saturated carbocycles. The monoisotopic (exact) mass is 183 g/mol. The van der Waals surface area contributed by atoms with Gasteiger partial charge in [-0.05, 0) is 12.0 Å². The fraction of sp³-hybridized carbons (Fsp3) is 0.545. The molecule has 1 nitrogen and oxygen atoms in total. The zero-order chi connectivity index (χ0) is 8.81. The van der Waals surface area contributed by atoms with E-state index >= 15 is 0 Å². The SMILES string of the molecule is CCCc1cc[n+](CCC)cc1.[F-]. The molecule has 1 aromatic heterocycles. The van der Waals surface area contributed by atoms with Crippen LogP contribution >= 0.6 is 0 Å². The highest BCUT2D eigenvalue weighted by molar-refractivity contribution is 5.06. The number of nitrogens with zero attached hydrogens (tertiary/aromatic N) is 1. The Morgan fingerprint density at radius 1 is 1.08 bits per heavy atom. The summed E-state index contributed by atoms with van der Waals surface area (Å²) in [4.78, 5) is 0. The molecule has 0 fully saturated rings. The average molecular weight is 183 g/mol. The maximum absolute atomic E-state index is 2.24. The average Bonchev–Trinajstić information content (AvgIpc) is 2.09. The Hall–Kier alpha value is -0.920. The van der Waals surface area contributed by atoms with Gasteiger partial charge in [-0.15, -0.1) is 0 Å². The third-order valence-corrected chi connectivity index (χ3v) is 1.98. The van der Waals surface area contributed by atoms with Crippen molar-refractivity contribution in [2.24, 2.45) is 0 Å². The molecule has 74 valence electrons. The molecule has 13 heavy (non-hydrogen) atoms. The van der Waals surface area contributed by atoms with Crippen molar-refractivity contribution < 1.29 is 9.27 Å². The van der Waals surface area contributed by atoms with Gasteiger partial charge in [-0.2, -0.15) is 0 Å². The van der Waals surface area contributed by atoms with Crippen LogP contribution in [0.25, 0.3) is 0 Å². The first-order valence-corrected chi connectivity index (χ1v) is 4.84. The number of rotatable bonds is 4. The van der Waals surface area contributed by atoms with Crippen LogP contribution in [-0.4, -0.2) is 0 Å². The molecule has 0 aliphatic heterocycles. The summed E-state index contributed by atoms with van der Waals surface area (Å²) in [6.45, 7) is 5.55. The van der Waals surface area contributed by atoms with E-state index in [4.69, 9.17) is 0 Å². The van der Waals surface area contributed by atoms with E-state index in [1.165, 1.54) is 24.8 Å². The molecular formula is C11H18FN. The van der Waals surface area contributed by atoms with Gasteiger partial charge in [0.05, 0.1) is 0 Å². The Morgan fingerprint density at radius 2 is 1.69 bits per heavy atom. The van der Waals surface area contributed by atoms with Crippen LogP contribution in [0.4, 0.5) is 0 Å². The highest BCUT2D eigenvalue weighted by Crippen LogP contribution is 1.98. The van der Waals surface area contributed by atoms with Crippen LogP contribution in [0.1, 0.15) is 32.3 Å². The quantitative estimate of drug-likeness (QED) is 0.546. The van der Waals surface area contributed by atoms with Crippen molar-refractivity contribution in [2.45, 2.75) is 39.7 Å². The van der Waals surface area contributed by atoms with E-state index in [1.807, 2.05) is 0 Å². The van der Waals surface area contributed by atoms with Crippen LogP contribution in [0.2, 0.25) is 0 Å². The lowest BCUT2D eigenvalue weighted by atomic mass is 10.1. The maximum atomic E-state index is 2.24. The van der Waals surface area contributed by atoms with E-state index in [0.717, 1.165) is 6.54 Å². The Kier molecular flexibility index (Phi) is 6.11. The van der Waals surface area contributed by atoms with E-state index in [-0.39, 0.29) is 4.70 Å². The summed E-state index contributed by atoms with van der Waals surface area (Å²) < 4.78 is 2.24. The van der Waals surface area contributed by atoms with E-state index < -0.39 is 0 Å². The largest absolute Gasteiger partial charge is 1.00 e. The lowest BCUT2D eigenvalue weighted by Crippen LogP contribution is -3.00. The highest BCUT2D eigenvalue weighted by Gasteiger charge is 1.97. The molecule has 0 atom stereocenters. The van der Waals surface area contributed by atoms with E-state index in [1.54, 1.807) is 0 Å². The molecule has 0 unspecified atom stereocenters. The Bertz CT molecular complexity index is 193. The normalized spacial score (nSPS) is 9.38. The zero-order valence-corrected chi connectivity index (χ0v) is 8.46. The van der Waals surface area contributed by atoms with Crippen molar-refractivity contribution >= 4 is 0 Å². The number of pyridine rings is 1. The number of hydrogen-bond donors (Lipinski definition) is 0. The predicted molar refractivity (Wildman–Crippen MR) is 50.9 cm³/mol. The van der Waals surface area contributed by atoms with Crippen molar-refractivity contribution in [3.63, 3.8) is 0 Å². The minimum atomic E-state index is 0. The molecule has 0 aliphatic carbocycles. The molecule has 1 aromatic rings. The highest BCUT2D eigenvalue weighted by atomic mass is 19.0. The van der Waals surface area contributed by atoms with Gasteiger partial charge in [-0.25, -0.2) is 4.57 Å². The fourth-order valence-electron chi connectivity index (χ4n) is 1.35. The van der Waals surface area contributed by atoms with Gasteiger partial charge in [0.25, 0.3) is 0 Å². The van der Waals surface area contributed by atoms with Crippen molar-refractivity contribution in [2.75, 3.05) is 0 Å². The molecule has 0 aliphatic rings. The number of halogens is 1. The second-order valence-corrected chi connectivity index (χ2v) is 3.19. The maximum Gasteiger partial charge on any atom is 0.169 e. The topological polar surface area (TPSA) is 3.88 Å². The number of aromatic nitrogens is 1. The lowest BCUT2D eigenvalue weighted by Gasteiger charge is -1.96. The number of hydrogen-bond acceptors (Lipinski definition) is 0. The number of aryl methyl sites for hydroxylation is 2. The smallest absolute Gasteiger partial charge is 0.169 e. The Labute approximate surface area is 79.8 Å². The summed E-state index contributed by atoms with van der Waals surface area (Å²) in [5, 5.41) is 0. The standard InChI is InChI=1S/C11H18N.FH/c1-3-5-11-6-9-12(8-4-2)10-7-11;/h6-7,9-10H,3-5,8H2,1-2H3;1H/q+1;/p-1. The molecule has 0 bridgehead atoms. The van der Waals surface area contributed by atoms with Crippen LogP contribution < -0.4 is 9.27 Å². The van der Waals surface area contributed by atoms with Crippen molar-refractivity contribution in [1.29, 1.82) is 0 Å². The summed E-state index contributed by atoms with van der Waals surface area (Å²) in [5.41, 5.74) is 1.45. The third kappa shape index (κ3) is 4.02. The first kappa shape index (κ1) is 12.1. The summed E-state index contributed by atoms with van der Waals surface area (Å²) >= 11 is 0. The first-order chi connectivity index (χ1) is 5.86. The Balaban J connectivity index is 0.00000144. The van der Waals surface area contributed by atoms with E-state index in [9.17, 15) is 0 Å². The van der Waals surface area contributed by atoms with Gasteiger partial charge < -0.3 is 4.70 Å². The van der Waals surface area contributed by atoms with Gasteiger partial charge in [0, 0.05) is 18.6 Å². The van der Waals surface area contributed by atoms with Gasteiger partial charge in [0.15, 0.2) is 12.4 Å². The molecule has 0 radical (unpaired) electrons. The van der Waals surface area contributed by atoms with Crippen molar-refractivity contribution in [3.8, 4) is 0 Å². The minimum Gasteiger partial charge on any atom is -1.00 e. The van der Waals surface area contributed by atoms with Gasteiger partial charge in [0.1, 0.15) is 6.54 Å². The zero-order valence-electron chi connectivity index (χ0n) is 8.46. The van der Waals surface area contributed by atoms with Crippen molar-refractivity contribution in [3.05, 3.63) is 30.1 Å². The minimum absolute atomic E-state index is 0.